The molecule has 0 atom stereocenters. The van der Waals surface area contributed by atoms with Crippen LogP contribution in [0.15, 0.2) is 40.2 Å². The highest BCUT2D eigenvalue weighted by atomic mass is 35.5. The fourth-order valence-electron chi connectivity index (χ4n) is 4.22. The van der Waals surface area contributed by atoms with Crippen LogP contribution in [0.1, 0.15) is 35.0 Å². The molecule has 1 aliphatic heterocycles. The lowest BCUT2D eigenvalue weighted by Gasteiger charge is -2.30. The van der Waals surface area contributed by atoms with E-state index in [0.717, 1.165) is 40.4 Å². The predicted molar refractivity (Wildman–Crippen MR) is 144 cm³/mol. The highest BCUT2D eigenvalue weighted by molar-refractivity contribution is 7.10. The minimum atomic E-state index is -0.0240. The van der Waals surface area contributed by atoms with Gasteiger partial charge in [0.2, 0.25) is 5.91 Å². The molecule has 1 fully saturated rings. The number of rotatable bonds is 5. The van der Waals surface area contributed by atoms with E-state index in [0.29, 0.717) is 45.7 Å². The van der Waals surface area contributed by atoms with Gasteiger partial charge in [0.05, 0.1) is 20.7 Å². The molecule has 186 valence electrons. The predicted octanol–water partition coefficient (Wildman–Crippen LogP) is 6.89. The summed E-state index contributed by atoms with van der Waals surface area (Å²) in [5.74, 6) is 0.869. The number of nitrogens with zero attached hydrogens (tertiary/aromatic N) is 5. The van der Waals surface area contributed by atoms with Gasteiger partial charge in [0.25, 0.3) is 0 Å². The number of hydrogen-bond acceptors (Lipinski definition) is 6. The Balaban J connectivity index is 1.21. The molecule has 0 radical (unpaired) electrons. The molecule has 4 heterocycles. The van der Waals surface area contributed by atoms with Gasteiger partial charge in [0.15, 0.2) is 5.76 Å². The second-order valence-corrected chi connectivity index (χ2v) is 10.7. The molecule has 0 bridgehead atoms. The number of thiazole rings is 1. The van der Waals surface area contributed by atoms with Crippen LogP contribution in [0.2, 0.25) is 15.2 Å². The van der Waals surface area contributed by atoms with Crippen LogP contribution in [0.4, 0.5) is 0 Å². The van der Waals surface area contributed by atoms with Crippen molar-refractivity contribution in [2.24, 2.45) is 7.05 Å². The molecule has 1 amide bonds. The molecule has 0 unspecified atom stereocenters. The number of carbonyl (C=O) groups is 1. The number of amides is 1. The van der Waals surface area contributed by atoms with Crippen LogP contribution in [0.3, 0.4) is 0 Å². The smallest absolute Gasteiger partial charge is 0.246 e. The van der Waals surface area contributed by atoms with E-state index >= 15 is 0 Å². The Bertz CT molecular complexity index is 1450. The van der Waals surface area contributed by atoms with Gasteiger partial charge in [-0.25, -0.2) is 4.98 Å². The van der Waals surface area contributed by atoms with E-state index < -0.39 is 0 Å². The summed E-state index contributed by atoms with van der Waals surface area (Å²) in [4.78, 5) is 19.4. The van der Waals surface area contributed by atoms with E-state index in [9.17, 15) is 4.79 Å². The van der Waals surface area contributed by atoms with Crippen molar-refractivity contribution < 1.29 is 9.32 Å². The maximum Gasteiger partial charge on any atom is 0.246 e. The number of piperidine rings is 1. The number of aromatic nitrogens is 4. The molecule has 11 heteroatoms. The second-order valence-electron chi connectivity index (χ2n) is 8.62. The number of carbonyl (C=O) groups excluding carboxylic acids is 1. The lowest BCUT2D eigenvalue weighted by Crippen LogP contribution is -2.36. The standard InChI is InChI=1S/C25H22Cl3N5O2S/c1-14-17(24(28)32(2)30-14)4-6-23(34)33-9-7-15(8-10-33)25-29-21(13-36-25)22-12-20(31-35-22)16-3-5-18(26)19(27)11-16/h3-6,11-13,15H,7-10H2,1-2H3. The quantitative estimate of drug-likeness (QED) is 0.248. The molecular formula is C25H22Cl3N5O2S. The molecule has 1 aliphatic rings. The monoisotopic (exact) mass is 561 g/mol. The number of likely N-dealkylation sites (tertiary alicyclic amines) is 1. The molecule has 0 N–H and O–H groups in total. The lowest BCUT2D eigenvalue weighted by molar-refractivity contribution is -0.126. The van der Waals surface area contributed by atoms with Crippen molar-refractivity contribution in [1.29, 1.82) is 0 Å². The van der Waals surface area contributed by atoms with Crippen LogP contribution in [0, 0.1) is 6.92 Å². The van der Waals surface area contributed by atoms with E-state index in [1.54, 1.807) is 47.4 Å². The third kappa shape index (κ3) is 5.09. The van der Waals surface area contributed by atoms with Gasteiger partial charge in [-0.1, -0.05) is 46.0 Å². The van der Waals surface area contributed by atoms with Crippen molar-refractivity contribution in [2.75, 3.05) is 13.1 Å². The molecule has 0 aliphatic carbocycles. The van der Waals surface area contributed by atoms with Gasteiger partial charge in [-0.3, -0.25) is 9.48 Å². The van der Waals surface area contributed by atoms with Crippen LogP contribution >= 0.6 is 46.1 Å². The van der Waals surface area contributed by atoms with Gasteiger partial charge >= 0.3 is 0 Å². The van der Waals surface area contributed by atoms with Crippen molar-refractivity contribution in [2.45, 2.75) is 25.7 Å². The Labute approximate surface area is 227 Å². The molecule has 36 heavy (non-hydrogen) atoms. The van der Waals surface area contributed by atoms with Crippen LogP contribution in [-0.2, 0) is 11.8 Å². The molecule has 7 nitrogen and oxygen atoms in total. The molecule has 1 saturated heterocycles. The van der Waals surface area contributed by atoms with Crippen LogP contribution in [-0.4, -0.2) is 43.8 Å². The van der Waals surface area contributed by atoms with Gasteiger partial charge in [-0.2, -0.15) is 5.10 Å². The summed E-state index contributed by atoms with van der Waals surface area (Å²) in [5.41, 5.74) is 3.80. The van der Waals surface area contributed by atoms with Gasteiger partial charge in [-0.15, -0.1) is 11.3 Å². The highest BCUT2D eigenvalue weighted by Crippen LogP contribution is 2.35. The first kappa shape index (κ1) is 25.0. The Morgan fingerprint density at radius 3 is 2.61 bits per heavy atom. The van der Waals surface area contributed by atoms with Crippen molar-refractivity contribution in [3.8, 4) is 22.7 Å². The minimum absolute atomic E-state index is 0.0240. The molecular weight excluding hydrogens is 541 g/mol. The highest BCUT2D eigenvalue weighted by Gasteiger charge is 2.25. The van der Waals surface area contributed by atoms with Crippen molar-refractivity contribution in [1.82, 2.24) is 24.8 Å². The van der Waals surface area contributed by atoms with Gasteiger partial charge in [0, 0.05) is 54.7 Å². The molecule has 1 aromatic carbocycles. The Kier molecular flexibility index (Phi) is 7.21. The Morgan fingerprint density at radius 1 is 1.14 bits per heavy atom. The number of halogens is 3. The summed E-state index contributed by atoms with van der Waals surface area (Å²) in [6, 6.07) is 7.19. The first-order valence-electron chi connectivity index (χ1n) is 11.3. The Morgan fingerprint density at radius 2 is 1.92 bits per heavy atom. The van der Waals surface area contributed by atoms with Crippen molar-refractivity contribution in [3.05, 3.63) is 67.2 Å². The van der Waals surface area contributed by atoms with Crippen molar-refractivity contribution >= 4 is 58.1 Å². The van der Waals surface area contributed by atoms with E-state index in [2.05, 4.69) is 10.3 Å². The molecule has 0 spiro atoms. The maximum atomic E-state index is 12.7. The number of hydrogen-bond donors (Lipinski definition) is 0. The lowest BCUT2D eigenvalue weighted by atomic mass is 9.97. The summed E-state index contributed by atoms with van der Waals surface area (Å²) in [6.07, 6.45) is 5.02. The van der Waals surface area contributed by atoms with Crippen LogP contribution < -0.4 is 0 Å². The summed E-state index contributed by atoms with van der Waals surface area (Å²) < 4.78 is 7.15. The molecule has 3 aromatic heterocycles. The van der Waals surface area contributed by atoms with Gasteiger partial charge in [-0.05, 0) is 38.0 Å². The van der Waals surface area contributed by atoms with E-state index in [-0.39, 0.29) is 5.91 Å². The zero-order valence-corrected chi connectivity index (χ0v) is 22.6. The summed E-state index contributed by atoms with van der Waals surface area (Å²) in [6.45, 7) is 3.22. The van der Waals surface area contributed by atoms with E-state index in [1.807, 2.05) is 29.3 Å². The second kappa shape index (κ2) is 10.4. The SMILES string of the molecule is Cc1nn(C)c(Cl)c1C=CC(=O)N1CCC(c2nc(-c3cc(-c4ccc(Cl)c(Cl)c4)no3)cs2)CC1. The normalized spacial score (nSPS) is 14.8. The third-order valence-electron chi connectivity index (χ3n) is 6.24. The first-order chi connectivity index (χ1) is 17.3. The van der Waals surface area contributed by atoms with E-state index in [1.165, 1.54) is 0 Å². The van der Waals surface area contributed by atoms with E-state index in [4.69, 9.17) is 44.3 Å². The molecule has 0 saturated carbocycles. The summed E-state index contributed by atoms with van der Waals surface area (Å²) >= 11 is 20.0. The average molecular weight is 563 g/mol. The molecule has 5 rings (SSSR count). The molecule has 4 aromatic rings. The zero-order chi connectivity index (χ0) is 25.4. The first-order valence-corrected chi connectivity index (χ1v) is 13.4. The Hall–Kier alpha value is -2.65. The number of aryl methyl sites for hydroxylation is 2. The largest absolute Gasteiger partial charge is 0.354 e. The maximum absolute atomic E-state index is 12.7. The van der Waals surface area contributed by atoms with Crippen LogP contribution in [0.5, 0.6) is 0 Å². The zero-order valence-electron chi connectivity index (χ0n) is 19.5. The number of benzene rings is 1. The topological polar surface area (TPSA) is 77.1 Å². The van der Waals surface area contributed by atoms with Gasteiger partial charge < -0.3 is 9.42 Å². The third-order valence-corrected chi connectivity index (χ3v) is 8.44. The fourth-order valence-corrected chi connectivity index (χ4v) is 5.73. The summed E-state index contributed by atoms with van der Waals surface area (Å²) in [7, 11) is 1.78. The van der Waals surface area contributed by atoms with Gasteiger partial charge in [0.1, 0.15) is 16.5 Å². The van der Waals surface area contributed by atoms with Crippen molar-refractivity contribution in [3.63, 3.8) is 0 Å². The fraction of sp³-hybridized carbons (Fsp3) is 0.280. The van der Waals surface area contributed by atoms with Crippen LogP contribution in [0.25, 0.3) is 28.8 Å². The summed E-state index contributed by atoms with van der Waals surface area (Å²) in [5, 5.41) is 12.9. The average Bonchev–Trinajstić information content (AvgIpc) is 3.60. The minimum Gasteiger partial charge on any atom is -0.354 e.